The molecule has 5 aliphatic rings. The summed E-state index contributed by atoms with van der Waals surface area (Å²) in [5.41, 5.74) is 15.1. The number of ether oxygens (including phenoxy) is 11. The van der Waals surface area contributed by atoms with Crippen LogP contribution in [0.4, 0.5) is 0 Å². The van der Waals surface area contributed by atoms with Gasteiger partial charge in [-0.1, -0.05) is 211 Å². The van der Waals surface area contributed by atoms with Crippen LogP contribution in [-0.2, 0) is 91.7 Å². The van der Waals surface area contributed by atoms with E-state index in [0.717, 1.165) is 32.1 Å². The van der Waals surface area contributed by atoms with Crippen molar-refractivity contribution in [1.82, 2.24) is 9.80 Å². The van der Waals surface area contributed by atoms with Gasteiger partial charge < -0.3 is 62.3 Å². The quantitative estimate of drug-likeness (QED) is 0.0200. The van der Waals surface area contributed by atoms with Crippen LogP contribution in [0.15, 0.2) is 236 Å². The average molecular weight is 1330 g/mol. The van der Waals surface area contributed by atoms with Crippen LogP contribution < -0.4 is 0 Å². The lowest BCUT2D eigenvalue weighted by atomic mass is 9.92. The van der Waals surface area contributed by atoms with Gasteiger partial charge in [0.25, 0.3) is 23.6 Å². The second-order valence-corrected chi connectivity index (χ2v) is 24.3. The van der Waals surface area contributed by atoms with Crippen LogP contribution in [0, 0.1) is 0 Å². The Kier molecular flexibility index (Phi) is 22.0. The number of carbonyl (C=O) groups is 4. The number of hydrogen-bond acceptors (Lipinski definition) is 18. The van der Waals surface area contributed by atoms with Gasteiger partial charge in [-0.15, -0.1) is 0 Å². The summed E-state index contributed by atoms with van der Waals surface area (Å²) < 4.78 is 76.4. The molecule has 2 N–H and O–H groups in total. The third-order valence-corrected chi connectivity index (χ3v) is 18.0. The van der Waals surface area contributed by atoms with E-state index >= 15 is 9.59 Å². The van der Waals surface area contributed by atoms with Crippen molar-refractivity contribution in [3.8, 4) is 0 Å². The van der Waals surface area contributed by atoms with Gasteiger partial charge in [0.2, 0.25) is 0 Å². The minimum absolute atomic E-state index is 0.0326. The van der Waals surface area contributed by atoms with Gasteiger partial charge in [-0.3, -0.25) is 29.0 Å². The summed E-state index contributed by atoms with van der Waals surface area (Å²) in [6.45, 7) is -1.54. The molecule has 3 fully saturated rings. The number of azide groups is 1. The Bertz CT molecular complexity index is 3950. The molecule has 0 radical (unpaired) electrons. The molecule has 13 rings (SSSR count). The maximum Gasteiger partial charge on any atom is 0.262 e. The summed E-state index contributed by atoms with van der Waals surface area (Å²) in [5, 5.41) is 28.1. The van der Waals surface area contributed by atoms with Gasteiger partial charge in [-0.05, 0) is 63.2 Å². The zero-order valence-electron chi connectivity index (χ0n) is 53.2. The normalized spacial score (nSPS) is 26.8. The summed E-state index contributed by atoms with van der Waals surface area (Å²) in [6, 6.07) is 64.9. The topological polar surface area (TPSA) is 266 Å². The first kappa shape index (κ1) is 67.4. The maximum atomic E-state index is 15.6. The summed E-state index contributed by atoms with van der Waals surface area (Å²) in [5.74, 6) is -2.97. The number of benzene rings is 8. The van der Waals surface area contributed by atoms with Crippen LogP contribution >= 0.6 is 0 Å². The third kappa shape index (κ3) is 15.1. The van der Waals surface area contributed by atoms with Crippen molar-refractivity contribution >= 4 is 23.6 Å². The molecular formula is C76H73N5O17. The van der Waals surface area contributed by atoms with Crippen molar-refractivity contribution < 1.29 is 81.5 Å². The van der Waals surface area contributed by atoms with Crippen molar-refractivity contribution in [3.05, 3.63) is 297 Å². The predicted octanol–water partition coefficient (Wildman–Crippen LogP) is 9.70. The number of aliphatic hydroxyl groups is 2. The Labute approximate surface area is 565 Å². The maximum absolute atomic E-state index is 15.6. The highest BCUT2D eigenvalue weighted by Gasteiger charge is 2.61. The highest BCUT2D eigenvalue weighted by molar-refractivity contribution is 6.22. The number of nitrogens with zero attached hydrogens (tertiary/aromatic N) is 5. The molecule has 3 saturated heterocycles. The van der Waals surface area contributed by atoms with Crippen LogP contribution in [-0.4, -0.2) is 155 Å². The summed E-state index contributed by atoms with van der Waals surface area (Å²) >= 11 is 0. The Morgan fingerprint density at radius 1 is 0.378 bits per heavy atom. The minimum Gasteiger partial charge on any atom is -0.394 e. The molecule has 98 heavy (non-hydrogen) atoms. The van der Waals surface area contributed by atoms with E-state index in [1.54, 1.807) is 24.3 Å². The molecule has 22 nitrogen and oxygen atoms in total. The molecule has 8 aromatic rings. The number of fused-ring (bicyclic) bond motifs is 2. The Hall–Kier alpha value is -9.17. The zero-order valence-corrected chi connectivity index (χ0v) is 53.2. The minimum atomic E-state index is -1.82. The molecule has 5 heterocycles. The van der Waals surface area contributed by atoms with Gasteiger partial charge in [0, 0.05) is 4.91 Å². The first-order chi connectivity index (χ1) is 48.1. The number of rotatable bonds is 28. The van der Waals surface area contributed by atoms with Crippen molar-refractivity contribution in [3.63, 3.8) is 0 Å². The van der Waals surface area contributed by atoms with Crippen molar-refractivity contribution in [1.29, 1.82) is 0 Å². The molecule has 0 unspecified atom stereocenters. The van der Waals surface area contributed by atoms with Crippen molar-refractivity contribution in [2.45, 2.75) is 132 Å². The van der Waals surface area contributed by atoms with E-state index in [2.05, 4.69) is 10.0 Å². The fourth-order valence-corrected chi connectivity index (χ4v) is 13.2. The second kappa shape index (κ2) is 32.0. The van der Waals surface area contributed by atoms with Gasteiger partial charge in [-0.2, -0.15) is 0 Å². The number of hydrogen-bond donors (Lipinski definition) is 2. The molecule has 15 atom stereocenters. The molecule has 22 heteroatoms. The van der Waals surface area contributed by atoms with Gasteiger partial charge in [-0.25, -0.2) is 0 Å². The summed E-state index contributed by atoms with van der Waals surface area (Å²) in [4.78, 5) is 66.3. The van der Waals surface area contributed by atoms with Crippen molar-refractivity contribution in [2.24, 2.45) is 5.11 Å². The average Bonchev–Trinajstić information content (AvgIpc) is 1.45. The molecule has 0 aromatic heterocycles. The van der Waals surface area contributed by atoms with Crippen molar-refractivity contribution in [2.75, 3.05) is 19.8 Å². The molecular weight excluding hydrogens is 1250 g/mol. The zero-order chi connectivity index (χ0) is 67.3. The third-order valence-electron chi connectivity index (χ3n) is 18.0. The van der Waals surface area contributed by atoms with E-state index in [1.807, 2.05) is 182 Å². The van der Waals surface area contributed by atoms with Gasteiger partial charge >= 0.3 is 0 Å². The Balaban J connectivity index is 0.960. The van der Waals surface area contributed by atoms with Crippen LogP contribution in [0.2, 0.25) is 0 Å². The molecule has 5 aliphatic heterocycles. The molecule has 8 aromatic carbocycles. The van der Waals surface area contributed by atoms with Gasteiger partial charge in [0.05, 0.1) is 81.7 Å². The highest BCUT2D eigenvalue weighted by atomic mass is 16.8. The molecule has 0 bridgehead atoms. The fourth-order valence-electron chi connectivity index (χ4n) is 13.2. The molecule has 0 aliphatic carbocycles. The number of amides is 4. The van der Waals surface area contributed by atoms with Crippen LogP contribution in [0.25, 0.3) is 10.4 Å². The second-order valence-electron chi connectivity index (χ2n) is 24.3. The molecule has 0 saturated carbocycles. The van der Waals surface area contributed by atoms with E-state index in [9.17, 15) is 25.3 Å². The lowest BCUT2D eigenvalue weighted by Crippen LogP contribution is -2.71. The van der Waals surface area contributed by atoms with E-state index in [1.165, 1.54) is 24.3 Å². The van der Waals surface area contributed by atoms with Gasteiger partial charge in [0.1, 0.15) is 73.1 Å². The molecule has 4 amide bonds. The standard InChI is InChI=1S/C76H73N5O17/c77-79-78-70-61(80-71(84)54-35-19-20-36-55(54)72(80)85)67(91-43-51-29-13-4-14-30-51)65(59(94-70)46-88-40-48-23-7-1-8-24-48)97-75-62(81-73(86)56-37-21-22-38-57(56)74(81)87)68(92-44-52-31-15-5-16-32-52)66(60(96-75)47-89-41-49-25-9-2-10-26-49)98-76-69(93-45-53-33-17-6-18-34-53)63(83)64(58(39-82)95-76)90-42-50-27-11-3-12-28-50/h1-38,58-70,75-76,82-83H,39-47H2/t58-,59-,60-,61-,62-,63+,64-,65-,66-,67-,68-,69+,70-,75+,76+/m1/s1. The van der Waals surface area contributed by atoms with Crippen LogP contribution in [0.1, 0.15) is 74.8 Å². The van der Waals surface area contributed by atoms with E-state index < -0.39 is 122 Å². The van der Waals surface area contributed by atoms with Crippen LogP contribution in [0.3, 0.4) is 0 Å². The first-order valence-corrected chi connectivity index (χ1v) is 32.5. The monoisotopic (exact) mass is 1330 g/mol. The fraction of sp³-hybridized carbons (Fsp3) is 0.316. The van der Waals surface area contributed by atoms with Gasteiger partial charge in [0.15, 0.2) is 18.8 Å². The number of carbonyl (C=O) groups excluding carboxylic acids is 4. The number of aliphatic hydroxyl groups excluding tert-OH is 2. The molecule has 0 spiro atoms. The Morgan fingerprint density at radius 2 is 0.694 bits per heavy atom. The van der Waals surface area contributed by atoms with Crippen LogP contribution in [0.5, 0.6) is 0 Å². The highest BCUT2D eigenvalue weighted by Crippen LogP contribution is 2.42. The molecule has 504 valence electrons. The largest absolute Gasteiger partial charge is 0.394 e. The smallest absolute Gasteiger partial charge is 0.262 e. The number of imide groups is 2. The predicted molar refractivity (Wildman–Crippen MR) is 352 cm³/mol. The lowest BCUT2D eigenvalue weighted by Gasteiger charge is -2.53. The first-order valence-electron chi connectivity index (χ1n) is 32.5. The van der Waals surface area contributed by atoms with E-state index in [-0.39, 0.29) is 75.1 Å². The van der Waals surface area contributed by atoms with E-state index in [4.69, 9.17) is 52.1 Å². The lowest BCUT2D eigenvalue weighted by molar-refractivity contribution is -0.373. The Morgan fingerprint density at radius 3 is 1.08 bits per heavy atom. The summed E-state index contributed by atoms with van der Waals surface area (Å²) in [6.07, 6.45) is -19.1. The SMILES string of the molecule is [N-]=[N+]=N[C@@H]1O[C@H](COCc2ccccc2)[C@@H](O[C@@H]2O[C@H](COCc3ccccc3)[C@@H](O[C@@H]3O[C@H](CO)[C@@H](OCc4ccccc4)[C@H](O)[C@@H]3OCc3ccccc3)[C@H](OCc3ccccc3)[C@H]2N2C(=O)c3ccccc3C2=O)[C@H](OCc2ccccc2)[C@H]1N1C(=O)c2ccccc2C1=O. The summed E-state index contributed by atoms with van der Waals surface area (Å²) in [7, 11) is 0. The van der Waals surface area contributed by atoms with E-state index in [0.29, 0.717) is 11.1 Å².